The van der Waals surface area contributed by atoms with Gasteiger partial charge in [0.1, 0.15) is 11.9 Å². The molecule has 9 heteroatoms. The van der Waals surface area contributed by atoms with Gasteiger partial charge in [-0.2, -0.15) is 5.26 Å². The van der Waals surface area contributed by atoms with Crippen molar-refractivity contribution < 1.29 is 22.7 Å². The van der Waals surface area contributed by atoms with Gasteiger partial charge in [-0.15, -0.1) is 0 Å². The molecule has 0 bridgehead atoms. The molecule has 4 rings (SSSR count). The number of aromatic carboxylic acids is 1. The van der Waals surface area contributed by atoms with Crippen molar-refractivity contribution >= 4 is 33.3 Å². The molecule has 1 saturated carbocycles. The predicted molar refractivity (Wildman–Crippen MR) is 118 cm³/mol. The summed E-state index contributed by atoms with van der Waals surface area (Å²) >= 11 is 6.15. The summed E-state index contributed by atoms with van der Waals surface area (Å²) in [5.74, 6) is -1.74. The number of sulfonamides is 1. The van der Waals surface area contributed by atoms with Gasteiger partial charge in [-0.25, -0.2) is 17.6 Å². The van der Waals surface area contributed by atoms with Crippen LogP contribution in [0.4, 0.5) is 10.1 Å². The molecule has 3 aromatic rings. The maximum atomic E-state index is 13.8. The molecule has 3 aromatic carbocycles. The lowest BCUT2D eigenvalue weighted by Gasteiger charge is -2.17. The maximum Gasteiger partial charge on any atom is 0.335 e. The number of nitriles is 1. The van der Waals surface area contributed by atoms with Gasteiger partial charge in [-0.05, 0) is 66.3 Å². The van der Waals surface area contributed by atoms with E-state index in [-0.39, 0.29) is 38.2 Å². The number of halogens is 2. The first-order chi connectivity index (χ1) is 15.2. The van der Waals surface area contributed by atoms with E-state index in [4.69, 9.17) is 11.6 Å². The SMILES string of the molecule is N#Cc1cc(NS(=O)(=O)c2cc(C(=O)O)ccc2C2CC2)c(-c2cccc(F)c2)cc1Cl. The number of anilines is 1. The second-order valence-corrected chi connectivity index (χ2v) is 9.50. The molecule has 162 valence electrons. The zero-order valence-electron chi connectivity index (χ0n) is 16.5. The molecule has 0 aliphatic heterocycles. The fraction of sp³-hybridized carbons (Fsp3) is 0.130. The number of carboxylic acids is 1. The van der Waals surface area contributed by atoms with Crippen LogP contribution in [0.15, 0.2) is 59.5 Å². The topological polar surface area (TPSA) is 107 Å². The minimum atomic E-state index is -4.24. The zero-order valence-corrected chi connectivity index (χ0v) is 18.0. The minimum absolute atomic E-state index is 0.0269. The fourth-order valence-corrected chi connectivity index (χ4v) is 5.07. The Balaban J connectivity index is 1.86. The van der Waals surface area contributed by atoms with Crippen molar-refractivity contribution in [3.8, 4) is 17.2 Å². The Morgan fingerprint density at radius 1 is 1.16 bits per heavy atom. The van der Waals surface area contributed by atoms with Crippen LogP contribution in [-0.4, -0.2) is 19.5 Å². The number of nitrogens with one attached hydrogen (secondary N) is 1. The first kappa shape index (κ1) is 21.8. The van der Waals surface area contributed by atoms with Crippen LogP contribution in [0.25, 0.3) is 11.1 Å². The lowest BCUT2D eigenvalue weighted by molar-refractivity contribution is 0.0696. The molecule has 0 heterocycles. The Morgan fingerprint density at radius 2 is 1.91 bits per heavy atom. The Bertz CT molecular complexity index is 1400. The predicted octanol–water partition coefficient (Wildman–Crippen LogP) is 5.39. The number of hydrogen-bond acceptors (Lipinski definition) is 4. The zero-order chi connectivity index (χ0) is 23.0. The first-order valence-corrected chi connectivity index (χ1v) is 11.5. The molecule has 0 saturated heterocycles. The van der Waals surface area contributed by atoms with Gasteiger partial charge in [-0.3, -0.25) is 4.72 Å². The summed E-state index contributed by atoms with van der Waals surface area (Å²) in [4.78, 5) is 11.3. The van der Waals surface area contributed by atoms with E-state index in [1.165, 1.54) is 42.5 Å². The number of carboxylic acid groups (broad SMARTS) is 1. The van der Waals surface area contributed by atoms with E-state index in [0.29, 0.717) is 11.1 Å². The van der Waals surface area contributed by atoms with Crippen molar-refractivity contribution in [2.45, 2.75) is 23.7 Å². The lowest BCUT2D eigenvalue weighted by atomic mass is 10.0. The highest BCUT2D eigenvalue weighted by atomic mass is 35.5. The molecular formula is C23H16ClFN2O4S. The van der Waals surface area contributed by atoms with E-state index in [0.717, 1.165) is 18.9 Å². The van der Waals surface area contributed by atoms with Crippen molar-refractivity contribution in [2.24, 2.45) is 0 Å². The Hall–Kier alpha value is -3.41. The maximum absolute atomic E-state index is 13.8. The minimum Gasteiger partial charge on any atom is -0.478 e. The van der Waals surface area contributed by atoms with Crippen molar-refractivity contribution in [3.63, 3.8) is 0 Å². The average molecular weight is 471 g/mol. The van der Waals surface area contributed by atoms with E-state index in [9.17, 15) is 28.0 Å². The molecule has 0 radical (unpaired) electrons. The highest BCUT2D eigenvalue weighted by Gasteiger charge is 2.31. The van der Waals surface area contributed by atoms with E-state index in [1.807, 2.05) is 6.07 Å². The summed E-state index contributed by atoms with van der Waals surface area (Å²) < 4.78 is 43.0. The molecule has 2 N–H and O–H groups in total. The van der Waals surface area contributed by atoms with Crippen LogP contribution in [0.3, 0.4) is 0 Å². The van der Waals surface area contributed by atoms with Gasteiger partial charge < -0.3 is 5.11 Å². The van der Waals surface area contributed by atoms with Crippen LogP contribution in [-0.2, 0) is 10.0 Å². The van der Waals surface area contributed by atoms with Crippen LogP contribution in [0.2, 0.25) is 5.02 Å². The number of benzene rings is 3. The highest BCUT2D eigenvalue weighted by Crippen LogP contribution is 2.44. The van der Waals surface area contributed by atoms with Crippen LogP contribution in [0.5, 0.6) is 0 Å². The van der Waals surface area contributed by atoms with Gasteiger partial charge in [0.2, 0.25) is 0 Å². The Labute approximate surface area is 188 Å². The van der Waals surface area contributed by atoms with E-state index in [2.05, 4.69) is 4.72 Å². The average Bonchev–Trinajstić information content (AvgIpc) is 3.59. The van der Waals surface area contributed by atoms with E-state index >= 15 is 0 Å². The fourth-order valence-electron chi connectivity index (χ4n) is 3.47. The molecule has 0 spiro atoms. The van der Waals surface area contributed by atoms with E-state index in [1.54, 1.807) is 6.07 Å². The van der Waals surface area contributed by atoms with Gasteiger partial charge in [0.25, 0.3) is 10.0 Å². The summed E-state index contributed by atoms with van der Waals surface area (Å²) in [5, 5.41) is 18.8. The summed E-state index contributed by atoms with van der Waals surface area (Å²) in [6, 6.07) is 14.1. The third-order valence-electron chi connectivity index (χ3n) is 5.17. The van der Waals surface area contributed by atoms with Crippen molar-refractivity contribution in [3.05, 3.63) is 82.1 Å². The number of nitrogens with zero attached hydrogens (tertiary/aromatic N) is 1. The molecule has 0 amide bonds. The van der Waals surface area contributed by atoms with Gasteiger partial charge in [0.05, 0.1) is 26.7 Å². The second kappa shape index (κ2) is 8.26. The van der Waals surface area contributed by atoms with Crippen molar-refractivity contribution in [2.75, 3.05) is 4.72 Å². The normalized spacial score (nSPS) is 13.4. The first-order valence-electron chi connectivity index (χ1n) is 9.59. The van der Waals surface area contributed by atoms with Crippen LogP contribution in [0.1, 0.15) is 40.2 Å². The molecule has 0 aromatic heterocycles. The second-order valence-electron chi connectivity index (χ2n) is 7.44. The number of hydrogen-bond donors (Lipinski definition) is 2. The quantitative estimate of drug-likeness (QED) is 0.502. The van der Waals surface area contributed by atoms with Gasteiger partial charge in [0, 0.05) is 5.56 Å². The van der Waals surface area contributed by atoms with Gasteiger partial charge in [-0.1, -0.05) is 29.8 Å². The number of rotatable bonds is 6. The smallest absolute Gasteiger partial charge is 0.335 e. The van der Waals surface area contributed by atoms with Crippen LogP contribution >= 0.6 is 11.6 Å². The molecule has 32 heavy (non-hydrogen) atoms. The molecule has 0 atom stereocenters. The summed E-state index contributed by atoms with van der Waals surface area (Å²) in [6.45, 7) is 0. The third kappa shape index (κ3) is 4.31. The van der Waals surface area contributed by atoms with Crippen molar-refractivity contribution in [1.29, 1.82) is 5.26 Å². The molecule has 1 aliphatic rings. The van der Waals surface area contributed by atoms with E-state index < -0.39 is 21.8 Å². The van der Waals surface area contributed by atoms with Gasteiger partial charge >= 0.3 is 5.97 Å². The number of carbonyl (C=O) groups is 1. The molecule has 6 nitrogen and oxygen atoms in total. The molecule has 1 fully saturated rings. The van der Waals surface area contributed by atoms with Crippen LogP contribution < -0.4 is 4.72 Å². The van der Waals surface area contributed by atoms with Crippen LogP contribution in [0, 0.1) is 17.1 Å². The highest BCUT2D eigenvalue weighted by molar-refractivity contribution is 7.92. The van der Waals surface area contributed by atoms with Gasteiger partial charge in [0.15, 0.2) is 0 Å². The molecular weight excluding hydrogens is 455 g/mol. The standard InChI is InChI=1S/C23H16ClFN2O4S/c24-20-11-19(14-2-1-3-17(25)8-14)21(9-16(20)12-26)27-32(30,31)22-10-15(23(28)29)6-7-18(22)13-4-5-13/h1-3,6-11,13,27H,4-5H2,(H,28,29). The largest absolute Gasteiger partial charge is 0.478 e. The monoisotopic (exact) mass is 470 g/mol. The summed E-state index contributed by atoms with van der Waals surface area (Å²) in [5.41, 5.74) is 1.07. The Kier molecular flexibility index (Phi) is 5.63. The lowest BCUT2D eigenvalue weighted by Crippen LogP contribution is -2.16. The molecule has 1 aliphatic carbocycles. The van der Waals surface area contributed by atoms with Crippen molar-refractivity contribution in [1.82, 2.24) is 0 Å². The Morgan fingerprint density at radius 3 is 2.53 bits per heavy atom. The third-order valence-corrected chi connectivity index (χ3v) is 6.91. The summed E-state index contributed by atoms with van der Waals surface area (Å²) in [7, 11) is -4.24. The summed E-state index contributed by atoms with van der Waals surface area (Å²) in [6.07, 6.45) is 1.62. The molecule has 0 unspecified atom stereocenters.